The molecule has 27 heavy (non-hydrogen) atoms. The third kappa shape index (κ3) is 4.73. The molecule has 9 heteroatoms. The van der Waals surface area contributed by atoms with Gasteiger partial charge in [0, 0.05) is 24.5 Å². The van der Waals surface area contributed by atoms with Crippen LogP contribution < -0.4 is 10.3 Å². The molecule has 0 aromatic carbocycles. The fourth-order valence-electron chi connectivity index (χ4n) is 3.02. The number of hydrogen-bond donors (Lipinski definition) is 2. The van der Waals surface area contributed by atoms with Crippen LogP contribution in [0.4, 0.5) is 0 Å². The van der Waals surface area contributed by atoms with E-state index in [1.54, 1.807) is 11.8 Å². The van der Waals surface area contributed by atoms with Gasteiger partial charge >= 0.3 is 0 Å². The highest BCUT2D eigenvalue weighted by molar-refractivity contribution is 8.00. The van der Waals surface area contributed by atoms with Crippen molar-refractivity contribution in [1.29, 1.82) is 0 Å². The van der Waals surface area contributed by atoms with E-state index in [1.165, 1.54) is 10.5 Å². The number of thioether (sulfide) groups is 1. The number of β-lactam (4-membered cyclic amide) rings is 1. The van der Waals surface area contributed by atoms with Gasteiger partial charge in [-0.05, 0) is 41.7 Å². The smallest absolute Gasteiger partial charge is 0.269 e. The fourth-order valence-corrected chi connectivity index (χ4v) is 4.50. The van der Waals surface area contributed by atoms with Crippen molar-refractivity contribution < 1.29 is 19.3 Å². The lowest BCUT2D eigenvalue weighted by Crippen LogP contribution is -2.68. The van der Waals surface area contributed by atoms with E-state index < -0.39 is 11.3 Å². The van der Waals surface area contributed by atoms with Crippen molar-refractivity contribution in [1.82, 2.24) is 4.90 Å². The molecule has 0 bridgehead atoms. The molecular formula is C18H22Cl2N3O3S+. The van der Waals surface area contributed by atoms with Gasteiger partial charge in [0.25, 0.3) is 5.24 Å². The Kier molecular flexibility index (Phi) is 7.88. The van der Waals surface area contributed by atoms with E-state index in [4.69, 9.17) is 22.4 Å². The number of amides is 1. The predicted octanol–water partition coefficient (Wildman–Crippen LogP) is 1.14. The minimum atomic E-state index is -0.629. The zero-order valence-corrected chi connectivity index (χ0v) is 17.0. The molecule has 0 radical (unpaired) electrons. The molecule has 0 spiro atoms. The minimum absolute atomic E-state index is 0. The van der Waals surface area contributed by atoms with Crippen molar-refractivity contribution in [2.45, 2.75) is 30.8 Å². The molecule has 2 aliphatic rings. The van der Waals surface area contributed by atoms with Crippen LogP contribution >= 0.6 is 35.8 Å². The molecule has 1 aromatic heterocycles. The van der Waals surface area contributed by atoms with E-state index in [-0.39, 0.29) is 36.0 Å². The Labute approximate surface area is 173 Å². The van der Waals surface area contributed by atoms with E-state index in [2.05, 4.69) is 0 Å². The highest BCUT2D eigenvalue weighted by atomic mass is 35.5. The molecule has 2 atom stereocenters. The number of halogens is 2. The molecule has 146 valence electrons. The number of nitrogens with two attached hydrogens (primary N) is 1. The third-order valence-electron chi connectivity index (χ3n) is 4.44. The second-order valence-corrected chi connectivity index (χ2v) is 7.66. The van der Waals surface area contributed by atoms with Gasteiger partial charge in [-0.1, -0.05) is 6.08 Å². The topological polar surface area (TPSA) is 87.5 Å². The maximum Gasteiger partial charge on any atom is 0.269 e. The summed E-state index contributed by atoms with van der Waals surface area (Å²) in [5, 5.41) is 8.04. The van der Waals surface area contributed by atoms with Crippen LogP contribution in [0.3, 0.4) is 0 Å². The number of allylic oxidation sites excluding steroid dienone is 3. The average molecular weight is 431 g/mol. The molecule has 0 saturated carbocycles. The number of rotatable bonds is 7. The molecule has 2 aliphatic heterocycles. The Hall–Kier alpha value is -1.38. The number of nitrogens with zero attached hydrogens (tertiary/aromatic N) is 2. The van der Waals surface area contributed by atoms with Crippen LogP contribution in [-0.4, -0.2) is 44.9 Å². The summed E-state index contributed by atoms with van der Waals surface area (Å²) in [6.45, 7) is 0.826. The Bertz CT molecular complexity index is 768. The number of hydrogen-bond acceptors (Lipinski definition) is 5. The number of aryl methyl sites for hydroxylation is 1. The second-order valence-electron chi connectivity index (χ2n) is 6.22. The van der Waals surface area contributed by atoms with Crippen molar-refractivity contribution in [2.24, 2.45) is 5.73 Å². The van der Waals surface area contributed by atoms with Gasteiger partial charge in [-0.2, -0.15) is 0 Å². The van der Waals surface area contributed by atoms with Crippen LogP contribution in [0.25, 0.3) is 0 Å². The summed E-state index contributed by atoms with van der Waals surface area (Å²) in [6.07, 6.45) is 9.35. The summed E-state index contributed by atoms with van der Waals surface area (Å²) in [5.41, 5.74) is 7.95. The third-order valence-corrected chi connectivity index (χ3v) is 5.95. The predicted molar refractivity (Wildman–Crippen MR) is 107 cm³/mol. The van der Waals surface area contributed by atoms with E-state index in [0.29, 0.717) is 12.3 Å². The van der Waals surface area contributed by atoms with Crippen molar-refractivity contribution in [3.05, 3.63) is 53.5 Å². The molecule has 1 amide bonds. The van der Waals surface area contributed by atoms with Crippen LogP contribution in [0.5, 0.6) is 0 Å². The molecule has 1 aromatic rings. The van der Waals surface area contributed by atoms with E-state index in [1.807, 2.05) is 41.2 Å². The van der Waals surface area contributed by atoms with Crippen LogP contribution in [0.2, 0.25) is 0 Å². The molecule has 1 fully saturated rings. The van der Waals surface area contributed by atoms with E-state index in [0.717, 1.165) is 18.4 Å². The largest absolute Gasteiger partial charge is 0.396 e. The first kappa shape index (κ1) is 21.9. The molecule has 1 saturated heterocycles. The first-order chi connectivity index (χ1) is 12.5. The van der Waals surface area contributed by atoms with Gasteiger partial charge in [0.2, 0.25) is 5.91 Å². The van der Waals surface area contributed by atoms with E-state index >= 15 is 0 Å². The minimum Gasteiger partial charge on any atom is -0.396 e. The van der Waals surface area contributed by atoms with Gasteiger partial charge in [-0.15, -0.1) is 24.2 Å². The second kappa shape index (κ2) is 9.71. The van der Waals surface area contributed by atoms with Crippen molar-refractivity contribution in [3.63, 3.8) is 0 Å². The van der Waals surface area contributed by atoms with Crippen molar-refractivity contribution in [2.75, 3.05) is 12.4 Å². The fraction of sp³-hybridized carbons (Fsp3) is 0.389. The number of fused-ring (bicyclic) bond motifs is 1. The normalized spacial score (nSPS) is 21.7. The standard InChI is InChI=1S/C18H21ClN3O3S.ClH/c19-16(24)15-13(11-26-18-14(20)17(25)22(15)18)4-1-7-21-8-5-12(6-9-21)3-2-10-23;/h1,4-6,8-9,14,18,23H,2-3,7,10-11,20H2;1H/q+1;/b4-1+;/t14-,18-;/m1./s1. The van der Waals surface area contributed by atoms with Gasteiger partial charge in [-0.25, -0.2) is 4.57 Å². The van der Waals surface area contributed by atoms with Gasteiger partial charge in [0.15, 0.2) is 18.9 Å². The van der Waals surface area contributed by atoms with E-state index in [9.17, 15) is 9.59 Å². The maximum atomic E-state index is 12.0. The number of aliphatic hydroxyl groups is 1. The lowest BCUT2D eigenvalue weighted by atomic mass is 10.0. The molecular weight excluding hydrogens is 409 g/mol. The zero-order chi connectivity index (χ0) is 18.7. The molecule has 0 aliphatic carbocycles. The van der Waals surface area contributed by atoms with Gasteiger partial charge < -0.3 is 10.8 Å². The first-order valence-electron chi connectivity index (χ1n) is 8.41. The number of aliphatic hydroxyl groups excluding tert-OH is 1. The van der Waals surface area contributed by atoms with Crippen molar-refractivity contribution >= 4 is 46.9 Å². The summed E-state index contributed by atoms with van der Waals surface area (Å²) >= 11 is 7.26. The molecule has 0 unspecified atom stereocenters. The summed E-state index contributed by atoms with van der Waals surface area (Å²) in [7, 11) is 0. The van der Waals surface area contributed by atoms with Crippen LogP contribution in [-0.2, 0) is 22.6 Å². The van der Waals surface area contributed by atoms with Gasteiger partial charge in [0.1, 0.15) is 17.1 Å². The van der Waals surface area contributed by atoms with Crippen LogP contribution in [0.1, 0.15) is 12.0 Å². The molecule has 3 N–H and O–H groups in total. The summed E-state index contributed by atoms with van der Waals surface area (Å²) < 4.78 is 2.01. The lowest BCUT2D eigenvalue weighted by molar-refractivity contribution is -0.687. The SMILES string of the molecule is Cl.N[C@@H]1C(=O)N2C(C(=O)Cl)=C(/C=C/C[n+]3ccc(CCCO)cc3)CS[C@H]12. The number of carbonyl (C=O) groups is 2. The average Bonchev–Trinajstić information content (AvgIpc) is 2.66. The van der Waals surface area contributed by atoms with Crippen LogP contribution in [0.15, 0.2) is 47.9 Å². The zero-order valence-electron chi connectivity index (χ0n) is 14.6. The molecule has 3 rings (SSSR count). The Balaban J connectivity index is 0.00000261. The molecule has 3 heterocycles. The highest BCUT2D eigenvalue weighted by Crippen LogP contribution is 2.40. The Morgan fingerprint density at radius 1 is 1.44 bits per heavy atom. The van der Waals surface area contributed by atoms with Crippen molar-refractivity contribution in [3.8, 4) is 0 Å². The van der Waals surface area contributed by atoms with Gasteiger partial charge in [-0.3, -0.25) is 14.5 Å². The highest BCUT2D eigenvalue weighted by Gasteiger charge is 2.51. The summed E-state index contributed by atoms with van der Waals surface area (Å²) in [5.74, 6) is 0.335. The number of carbonyl (C=O) groups excluding carboxylic acids is 2. The van der Waals surface area contributed by atoms with Gasteiger partial charge in [0.05, 0.1) is 0 Å². The maximum absolute atomic E-state index is 12.0. The quantitative estimate of drug-likeness (QED) is 0.384. The molecule has 6 nitrogen and oxygen atoms in total. The number of aromatic nitrogens is 1. The lowest BCUT2D eigenvalue weighted by Gasteiger charge is -2.48. The number of pyridine rings is 1. The monoisotopic (exact) mass is 430 g/mol. The Morgan fingerprint density at radius 2 is 2.15 bits per heavy atom. The summed E-state index contributed by atoms with van der Waals surface area (Å²) in [4.78, 5) is 25.2. The van der Waals surface area contributed by atoms with Crippen LogP contribution in [0, 0.1) is 0 Å². The summed E-state index contributed by atoms with van der Waals surface area (Å²) in [6, 6.07) is 3.49. The first-order valence-corrected chi connectivity index (χ1v) is 9.84. The Morgan fingerprint density at radius 3 is 2.78 bits per heavy atom.